The van der Waals surface area contributed by atoms with Crippen LogP contribution in [0.25, 0.3) is 0 Å². The second kappa shape index (κ2) is 9.05. The number of amides is 2. The third kappa shape index (κ3) is 4.82. The van der Waals surface area contributed by atoms with Gasteiger partial charge in [0.25, 0.3) is 11.8 Å². The number of furan rings is 1. The third-order valence-electron chi connectivity index (χ3n) is 4.39. The van der Waals surface area contributed by atoms with Crippen LogP contribution in [0.1, 0.15) is 33.4 Å². The first-order chi connectivity index (χ1) is 14.0. The van der Waals surface area contributed by atoms with E-state index in [2.05, 4.69) is 5.32 Å². The van der Waals surface area contributed by atoms with E-state index in [1.807, 2.05) is 6.92 Å². The van der Waals surface area contributed by atoms with Gasteiger partial charge in [-0.1, -0.05) is 6.07 Å². The number of hydrogen-bond donors (Lipinski definition) is 1. The van der Waals surface area contributed by atoms with E-state index in [1.54, 1.807) is 53.4 Å². The minimum Gasteiger partial charge on any atom is -0.494 e. The van der Waals surface area contributed by atoms with E-state index < -0.39 is 5.82 Å². The average molecular weight is 396 g/mol. The predicted molar refractivity (Wildman–Crippen MR) is 106 cm³/mol. The van der Waals surface area contributed by atoms with Gasteiger partial charge in [0.15, 0.2) is 17.3 Å². The van der Waals surface area contributed by atoms with E-state index in [-0.39, 0.29) is 29.9 Å². The summed E-state index contributed by atoms with van der Waals surface area (Å²) in [6, 6.07) is 14.4. The summed E-state index contributed by atoms with van der Waals surface area (Å²) in [6.45, 7) is 2.59. The minimum absolute atomic E-state index is 0.162. The SMILES string of the molecule is CCN(Cc1ccc(OC)c(F)c1)C(=O)c1ccc(NC(=O)c2ccco2)cc1. The fraction of sp³-hybridized carbons (Fsp3) is 0.182. The molecule has 0 saturated heterocycles. The van der Waals surface area contributed by atoms with Crippen molar-refractivity contribution in [3.8, 4) is 5.75 Å². The highest BCUT2D eigenvalue weighted by molar-refractivity contribution is 6.02. The van der Waals surface area contributed by atoms with Gasteiger partial charge in [-0.3, -0.25) is 9.59 Å². The number of hydrogen-bond acceptors (Lipinski definition) is 4. The molecule has 150 valence electrons. The van der Waals surface area contributed by atoms with Crippen molar-refractivity contribution in [2.45, 2.75) is 13.5 Å². The van der Waals surface area contributed by atoms with E-state index >= 15 is 0 Å². The van der Waals surface area contributed by atoms with E-state index in [0.717, 1.165) is 0 Å². The van der Waals surface area contributed by atoms with Crippen LogP contribution in [0.3, 0.4) is 0 Å². The Morgan fingerprint density at radius 1 is 1.14 bits per heavy atom. The molecule has 0 aliphatic carbocycles. The lowest BCUT2D eigenvalue weighted by molar-refractivity contribution is 0.0752. The van der Waals surface area contributed by atoms with Crippen LogP contribution in [-0.2, 0) is 6.54 Å². The first-order valence-corrected chi connectivity index (χ1v) is 9.08. The number of benzene rings is 2. The summed E-state index contributed by atoms with van der Waals surface area (Å²) in [5.74, 6) is -0.659. The molecule has 1 heterocycles. The van der Waals surface area contributed by atoms with Crippen LogP contribution in [-0.4, -0.2) is 30.4 Å². The van der Waals surface area contributed by atoms with Gasteiger partial charge in [0.1, 0.15) is 0 Å². The standard InChI is InChI=1S/C22H21FN2O4/c1-3-25(14-15-6-11-19(28-2)18(23)13-15)22(27)16-7-9-17(10-8-16)24-21(26)20-5-4-12-29-20/h4-13H,3,14H2,1-2H3,(H,24,26). The molecule has 0 radical (unpaired) electrons. The third-order valence-corrected chi connectivity index (χ3v) is 4.39. The summed E-state index contributed by atoms with van der Waals surface area (Å²) in [5, 5.41) is 2.70. The van der Waals surface area contributed by atoms with Gasteiger partial charge in [-0.2, -0.15) is 0 Å². The Hall–Kier alpha value is -3.61. The van der Waals surface area contributed by atoms with Crippen LogP contribution in [0.15, 0.2) is 65.3 Å². The smallest absolute Gasteiger partial charge is 0.291 e. The molecule has 0 fully saturated rings. The summed E-state index contributed by atoms with van der Waals surface area (Å²) < 4.78 is 23.9. The van der Waals surface area contributed by atoms with Gasteiger partial charge in [-0.25, -0.2) is 4.39 Å². The first kappa shape index (κ1) is 20.1. The number of nitrogens with one attached hydrogen (secondary N) is 1. The molecule has 2 amide bonds. The molecule has 0 unspecified atom stereocenters. The van der Waals surface area contributed by atoms with Crippen molar-refractivity contribution in [3.05, 3.63) is 83.6 Å². The molecule has 0 aliphatic rings. The first-order valence-electron chi connectivity index (χ1n) is 9.08. The van der Waals surface area contributed by atoms with Crippen LogP contribution in [0.4, 0.5) is 10.1 Å². The Morgan fingerprint density at radius 2 is 1.90 bits per heavy atom. The number of carbonyl (C=O) groups excluding carboxylic acids is 2. The molecular weight excluding hydrogens is 375 g/mol. The number of nitrogens with zero attached hydrogens (tertiary/aromatic N) is 1. The molecule has 3 aromatic rings. The number of methoxy groups -OCH3 is 1. The van der Waals surface area contributed by atoms with E-state index in [4.69, 9.17) is 9.15 Å². The van der Waals surface area contributed by atoms with Gasteiger partial charge in [-0.15, -0.1) is 0 Å². The summed E-state index contributed by atoms with van der Waals surface area (Å²) in [6.07, 6.45) is 1.42. The van der Waals surface area contributed by atoms with Gasteiger partial charge >= 0.3 is 0 Å². The molecule has 7 heteroatoms. The fourth-order valence-electron chi connectivity index (χ4n) is 2.84. The molecule has 1 aromatic heterocycles. The van der Waals surface area contributed by atoms with Crippen molar-refractivity contribution in [1.29, 1.82) is 0 Å². The lowest BCUT2D eigenvalue weighted by atomic mass is 10.1. The van der Waals surface area contributed by atoms with Gasteiger partial charge in [-0.05, 0) is 61.0 Å². The van der Waals surface area contributed by atoms with Crippen LogP contribution in [0, 0.1) is 5.82 Å². The lowest BCUT2D eigenvalue weighted by Crippen LogP contribution is -2.30. The van der Waals surface area contributed by atoms with Crippen molar-refractivity contribution >= 4 is 17.5 Å². The maximum absolute atomic E-state index is 13.9. The predicted octanol–water partition coefficient (Wildman–Crippen LogP) is 4.34. The Balaban J connectivity index is 1.67. The molecule has 0 bridgehead atoms. The monoisotopic (exact) mass is 396 g/mol. The van der Waals surface area contributed by atoms with Crippen molar-refractivity contribution in [1.82, 2.24) is 4.90 Å². The van der Waals surface area contributed by atoms with Gasteiger partial charge in [0.05, 0.1) is 13.4 Å². The molecule has 3 rings (SSSR count). The van der Waals surface area contributed by atoms with Gasteiger partial charge in [0, 0.05) is 24.3 Å². The zero-order chi connectivity index (χ0) is 20.8. The van der Waals surface area contributed by atoms with Crippen LogP contribution in [0.5, 0.6) is 5.75 Å². The largest absolute Gasteiger partial charge is 0.494 e. The second-order valence-electron chi connectivity index (χ2n) is 6.30. The summed E-state index contributed by atoms with van der Waals surface area (Å²) in [5.41, 5.74) is 1.68. The Morgan fingerprint density at radius 3 is 2.48 bits per heavy atom. The Bertz CT molecular complexity index is 985. The lowest BCUT2D eigenvalue weighted by Gasteiger charge is -2.21. The highest BCUT2D eigenvalue weighted by Crippen LogP contribution is 2.20. The maximum atomic E-state index is 13.9. The Kier molecular flexibility index (Phi) is 6.29. The topological polar surface area (TPSA) is 71.8 Å². The molecular formula is C22H21FN2O4. The molecule has 0 atom stereocenters. The van der Waals surface area contributed by atoms with Crippen LogP contribution < -0.4 is 10.1 Å². The van der Waals surface area contributed by atoms with Gasteiger partial charge < -0.3 is 19.4 Å². The van der Waals surface area contributed by atoms with Crippen molar-refractivity contribution in [2.75, 3.05) is 19.0 Å². The summed E-state index contributed by atoms with van der Waals surface area (Å²) in [7, 11) is 1.40. The number of halogens is 1. The van der Waals surface area contributed by atoms with Crippen LogP contribution in [0.2, 0.25) is 0 Å². The number of ether oxygens (including phenoxy) is 1. The zero-order valence-corrected chi connectivity index (χ0v) is 16.1. The highest BCUT2D eigenvalue weighted by atomic mass is 19.1. The second-order valence-corrected chi connectivity index (χ2v) is 6.30. The van der Waals surface area contributed by atoms with Crippen LogP contribution >= 0.6 is 0 Å². The van der Waals surface area contributed by atoms with Gasteiger partial charge in [0.2, 0.25) is 0 Å². The highest BCUT2D eigenvalue weighted by Gasteiger charge is 2.16. The molecule has 29 heavy (non-hydrogen) atoms. The summed E-state index contributed by atoms with van der Waals surface area (Å²) >= 11 is 0. The molecule has 0 saturated carbocycles. The number of anilines is 1. The molecule has 0 aliphatic heterocycles. The van der Waals surface area contributed by atoms with Crippen molar-refractivity contribution in [2.24, 2.45) is 0 Å². The van der Waals surface area contributed by atoms with Crippen molar-refractivity contribution in [3.63, 3.8) is 0 Å². The fourth-order valence-corrected chi connectivity index (χ4v) is 2.84. The normalized spacial score (nSPS) is 10.4. The van der Waals surface area contributed by atoms with E-state index in [9.17, 15) is 14.0 Å². The molecule has 6 nitrogen and oxygen atoms in total. The average Bonchev–Trinajstić information content (AvgIpc) is 3.27. The molecule has 1 N–H and O–H groups in total. The van der Waals surface area contributed by atoms with Crippen molar-refractivity contribution < 1.29 is 23.1 Å². The van der Waals surface area contributed by atoms with E-state index in [1.165, 1.54) is 19.4 Å². The number of carbonyl (C=O) groups is 2. The quantitative estimate of drug-likeness (QED) is 0.645. The maximum Gasteiger partial charge on any atom is 0.291 e. The minimum atomic E-state index is -0.467. The Labute approximate surface area is 167 Å². The molecule has 2 aromatic carbocycles. The number of rotatable bonds is 7. The van der Waals surface area contributed by atoms with E-state index in [0.29, 0.717) is 23.4 Å². The summed E-state index contributed by atoms with van der Waals surface area (Å²) in [4.78, 5) is 26.4. The molecule has 0 spiro atoms. The zero-order valence-electron chi connectivity index (χ0n) is 16.1.